The van der Waals surface area contributed by atoms with Crippen molar-refractivity contribution < 1.29 is 29.0 Å². The van der Waals surface area contributed by atoms with Gasteiger partial charge in [0.1, 0.15) is 13.2 Å². The number of ether oxygens (including phenoxy) is 2. The SMILES string of the molecule is CC(C)(C)C=C1CC(C(=O)O)CN(C(=O)OCc2ccccc2)[C@@H]1C(=O)OCc1ccccc1. The van der Waals surface area contributed by atoms with Gasteiger partial charge in [-0.2, -0.15) is 0 Å². The van der Waals surface area contributed by atoms with Crippen LogP contribution in [0.3, 0.4) is 0 Å². The van der Waals surface area contributed by atoms with Gasteiger partial charge in [-0.3, -0.25) is 9.69 Å². The predicted octanol–water partition coefficient (Wildman–Crippen LogP) is 4.81. The Morgan fingerprint density at radius 1 is 0.941 bits per heavy atom. The first-order valence-corrected chi connectivity index (χ1v) is 11.3. The molecular formula is C27H31NO6. The molecule has 1 unspecified atom stereocenters. The Morgan fingerprint density at radius 3 is 1.97 bits per heavy atom. The van der Waals surface area contributed by atoms with Crippen molar-refractivity contribution in [1.82, 2.24) is 4.90 Å². The van der Waals surface area contributed by atoms with Crippen LogP contribution in [0.5, 0.6) is 0 Å². The lowest BCUT2D eigenvalue weighted by molar-refractivity contribution is -0.153. The highest BCUT2D eigenvalue weighted by molar-refractivity contribution is 5.86. The number of allylic oxidation sites excluding steroid dienone is 1. The molecule has 1 N–H and O–H groups in total. The van der Waals surface area contributed by atoms with Crippen LogP contribution in [0.2, 0.25) is 0 Å². The number of carbonyl (C=O) groups is 3. The molecule has 0 aliphatic carbocycles. The van der Waals surface area contributed by atoms with Crippen LogP contribution in [0.15, 0.2) is 72.3 Å². The Kier molecular flexibility index (Phi) is 8.10. The van der Waals surface area contributed by atoms with E-state index in [1.807, 2.05) is 87.5 Å². The van der Waals surface area contributed by atoms with E-state index in [-0.39, 0.29) is 31.6 Å². The van der Waals surface area contributed by atoms with Crippen LogP contribution in [0.1, 0.15) is 38.3 Å². The largest absolute Gasteiger partial charge is 0.481 e. The van der Waals surface area contributed by atoms with Gasteiger partial charge in [-0.05, 0) is 28.5 Å². The van der Waals surface area contributed by atoms with E-state index < -0.39 is 30.0 Å². The van der Waals surface area contributed by atoms with Gasteiger partial charge in [-0.25, -0.2) is 9.59 Å². The lowest BCUT2D eigenvalue weighted by atomic mass is 9.83. The summed E-state index contributed by atoms with van der Waals surface area (Å²) in [6, 6.07) is 17.3. The van der Waals surface area contributed by atoms with Crippen molar-refractivity contribution in [3.63, 3.8) is 0 Å². The van der Waals surface area contributed by atoms with Crippen molar-refractivity contribution >= 4 is 18.0 Å². The molecule has 2 atom stereocenters. The van der Waals surface area contributed by atoms with E-state index in [1.165, 1.54) is 4.90 Å². The van der Waals surface area contributed by atoms with E-state index in [9.17, 15) is 19.5 Å². The van der Waals surface area contributed by atoms with E-state index in [0.717, 1.165) is 11.1 Å². The molecule has 1 amide bonds. The molecule has 2 aromatic carbocycles. The van der Waals surface area contributed by atoms with E-state index >= 15 is 0 Å². The average molecular weight is 466 g/mol. The van der Waals surface area contributed by atoms with Gasteiger partial charge in [-0.1, -0.05) is 87.5 Å². The first-order valence-electron chi connectivity index (χ1n) is 11.3. The van der Waals surface area contributed by atoms with Gasteiger partial charge in [0.05, 0.1) is 5.92 Å². The molecule has 1 saturated heterocycles. The molecular weight excluding hydrogens is 434 g/mol. The van der Waals surface area contributed by atoms with Gasteiger partial charge in [0, 0.05) is 6.54 Å². The number of piperidine rings is 1. The second-order valence-electron chi connectivity index (χ2n) is 9.51. The Hall–Kier alpha value is -3.61. The Bertz CT molecular complexity index is 1030. The maximum atomic E-state index is 13.3. The summed E-state index contributed by atoms with van der Waals surface area (Å²) in [5.74, 6) is -2.49. The van der Waals surface area contributed by atoms with E-state index in [0.29, 0.717) is 5.57 Å². The molecule has 7 nitrogen and oxygen atoms in total. The number of nitrogens with zero attached hydrogens (tertiary/aromatic N) is 1. The van der Waals surface area contributed by atoms with Crippen LogP contribution in [0, 0.1) is 11.3 Å². The summed E-state index contributed by atoms with van der Waals surface area (Å²) in [7, 11) is 0. The van der Waals surface area contributed by atoms with Crippen molar-refractivity contribution in [2.45, 2.75) is 46.4 Å². The molecule has 34 heavy (non-hydrogen) atoms. The van der Waals surface area contributed by atoms with E-state index in [2.05, 4.69) is 0 Å². The zero-order valence-electron chi connectivity index (χ0n) is 19.8. The molecule has 0 saturated carbocycles. The van der Waals surface area contributed by atoms with Crippen molar-refractivity contribution in [3.8, 4) is 0 Å². The molecule has 180 valence electrons. The predicted molar refractivity (Wildman–Crippen MR) is 127 cm³/mol. The Morgan fingerprint density at radius 2 is 1.47 bits per heavy atom. The number of rotatable bonds is 6. The summed E-state index contributed by atoms with van der Waals surface area (Å²) < 4.78 is 11.1. The Labute approximate surface area is 200 Å². The summed E-state index contributed by atoms with van der Waals surface area (Å²) in [4.78, 5) is 39.5. The van der Waals surface area contributed by atoms with Gasteiger partial charge in [0.15, 0.2) is 6.04 Å². The maximum Gasteiger partial charge on any atom is 0.411 e. The standard InChI is InChI=1S/C27H31NO6/c1-27(2,3)15-21-14-22(24(29)30)16-28(26(32)34-18-20-12-8-5-9-13-20)23(21)25(31)33-17-19-10-6-4-7-11-19/h4-13,15,22-23H,14,16-18H2,1-3H3,(H,29,30)/t22?,23-/m0/s1. The molecule has 2 aromatic rings. The number of carboxylic acid groups (broad SMARTS) is 1. The minimum absolute atomic E-state index is 0.0119. The first kappa shape index (κ1) is 25.0. The van der Waals surface area contributed by atoms with Crippen molar-refractivity contribution in [2.75, 3.05) is 6.54 Å². The third kappa shape index (κ3) is 6.94. The summed E-state index contributed by atoms with van der Waals surface area (Å²) in [6.07, 6.45) is 1.25. The summed E-state index contributed by atoms with van der Waals surface area (Å²) in [5, 5.41) is 9.72. The molecule has 0 bridgehead atoms. The van der Waals surface area contributed by atoms with Crippen molar-refractivity contribution in [3.05, 3.63) is 83.4 Å². The molecule has 1 aliphatic rings. The number of amides is 1. The molecule has 3 rings (SSSR count). The highest BCUT2D eigenvalue weighted by atomic mass is 16.6. The number of esters is 1. The molecule has 1 aliphatic heterocycles. The monoisotopic (exact) mass is 465 g/mol. The molecule has 0 radical (unpaired) electrons. The number of benzene rings is 2. The first-order chi connectivity index (χ1) is 16.1. The summed E-state index contributed by atoms with van der Waals surface area (Å²) in [5.41, 5.74) is 1.81. The van der Waals surface area contributed by atoms with Crippen molar-refractivity contribution in [1.29, 1.82) is 0 Å². The minimum atomic E-state index is -1.05. The molecule has 7 heteroatoms. The van der Waals surface area contributed by atoms with Gasteiger partial charge < -0.3 is 14.6 Å². The molecule has 1 fully saturated rings. The fraction of sp³-hybridized carbons (Fsp3) is 0.370. The van der Waals surface area contributed by atoms with Crippen LogP contribution < -0.4 is 0 Å². The van der Waals surface area contributed by atoms with Gasteiger partial charge in [0.2, 0.25) is 0 Å². The molecule has 0 aromatic heterocycles. The highest BCUT2D eigenvalue weighted by Gasteiger charge is 2.43. The molecule has 0 spiro atoms. The topological polar surface area (TPSA) is 93.1 Å². The maximum absolute atomic E-state index is 13.3. The number of carbonyl (C=O) groups excluding carboxylic acids is 2. The fourth-order valence-corrected chi connectivity index (χ4v) is 3.93. The third-order valence-electron chi connectivity index (χ3n) is 5.42. The van der Waals surface area contributed by atoms with E-state index in [1.54, 1.807) is 0 Å². The van der Waals surface area contributed by atoms with Crippen LogP contribution in [0.25, 0.3) is 0 Å². The lowest BCUT2D eigenvalue weighted by Crippen LogP contribution is -2.54. The number of hydrogen-bond donors (Lipinski definition) is 1. The zero-order chi connectivity index (χ0) is 24.7. The van der Waals surface area contributed by atoms with Crippen LogP contribution in [-0.2, 0) is 32.3 Å². The van der Waals surface area contributed by atoms with Gasteiger partial charge >= 0.3 is 18.0 Å². The highest BCUT2D eigenvalue weighted by Crippen LogP contribution is 2.33. The van der Waals surface area contributed by atoms with Crippen molar-refractivity contribution in [2.24, 2.45) is 11.3 Å². The van der Waals surface area contributed by atoms with Crippen LogP contribution in [-0.4, -0.2) is 40.6 Å². The van der Waals surface area contributed by atoms with Crippen LogP contribution in [0.4, 0.5) is 4.79 Å². The number of carboxylic acids is 1. The molecule has 1 heterocycles. The zero-order valence-corrected chi connectivity index (χ0v) is 19.8. The van der Waals surface area contributed by atoms with Gasteiger partial charge in [0.25, 0.3) is 0 Å². The second kappa shape index (κ2) is 11.0. The van der Waals surface area contributed by atoms with Gasteiger partial charge in [-0.15, -0.1) is 0 Å². The number of likely N-dealkylation sites (tertiary alicyclic amines) is 1. The number of aliphatic carboxylic acids is 1. The minimum Gasteiger partial charge on any atom is -0.481 e. The Balaban J connectivity index is 1.87. The normalized spacial score (nSPS) is 19.5. The summed E-state index contributed by atoms with van der Waals surface area (Å²) in [6.45, 7) is 5.78. The smallest absolute Gasteiger partial charge is 0.411 e. The average Bonchev–Trinajstić information content (AvgIpc) is 2.80. The third-order valence-corrected chi connectivity index (χ3v) is 5.42. The fourth-order valence-electron chi connectivity index (χ4n) is 3.93. The quantitative estimate of drug-likeness (QED) is 0.486. The van der Waals surface area contributed by atoms with E-state index in [4.69, 9.17) is 9.47 Å². The summed E-state index contributed by atoms with van der Waals surface area (Å²) >= 11 is 0. The van der Waals surface area contributed by atoms with Crippen LogP contribution >= 0.6 is 0 Å². The number of hydrogen-bond acceptors (Lipinski definition) is 5. The second-order valence-corrected chi connectivity index (χ2v) is 9.51. The lowest BCUT2D eigenvalue weighted by Gasteiger charge is -2.38.